The standard InChI is InChI=1S/C51H33N5/c1-4-15-34(16-5-1)35-27-29-36(30-28-35)38-19-14-20-39(31-38)50-52-49(37-17-6-2-7-18-37)53-51(54-50)56-46-26-13-11-24-42(46)44-32-47-43(33-48(44)56)41-23-10-12-25-45(41)55(47)40-21-8-3-9-22-40/h1-33H. The van der Waals surface area contributed by atoms with Crippen molar-refractivity contribution in [3.05, 3.63) is 200 Å². The van der Waals surface area contributed by atoms with Gasteiger partial charge in [-0.05, 0) is 64.7 Å². The fraction of sp³-hybridized carbons (Fsp3) is 0. The smallest absolute Gasteiger partial charge is 0.238 e. The third kappa shape index (κ3) is 5.29. The predicted molar refractivity (Wildman–Crippen MR) is 230 cm³/mol. The zero-order valence-electron chi connectivity index (χ0n) is 30.3. The molecular weight excluding hydrogens is 683 g/mol. The van der Waals surface area contributed by atoms with E-state index in [4.69, 9.17) is 15.0 Å². The molecule has 0 amide bonds. The van der Waals surface area contributed by atoms with E-state index in [0.717, 1.165) is 55.3 Å². The van der Waals surface area contributed by atoms with Crippen molar-refractivity contribution < 1.29 is 0 Å². The van der Waals surface area contributed by atoms with Crippen molar-refractivity contribution >= 4 is 43.6 Å². The summed E-state index contributed by atoms with van der Waals surface area (Å²) in [5.41, 5.74) is 12.0. The molecule has 0 N–H and O–H groups in total. The summed E-state index contributed by atoms with van der Waals surface area (Å²) in [5, 5.41) is 4.64. The highest BCUT2D eigenvalue weighted by Crippen LogP contribution is 2.39. The Morgan fingerprint density at radius 1 is 0.268 bits per heavy atom. The van der Waals surface area contributed by atoms with Crippen molar-refractivity contribution in [2.45, 2.75) is 0 Å². The maximum atomic E-state index is 5.29. The van der Waals surface area contributed by atoms with Gasteiger partial charge in [0.15, 0.2) is 11.6 Å². The zero-order chi connectivity index (χ0) is 37.0. The minimum Gasteiger partial charge on any atom is -0.309 e. The Labute approximate surface area is 323 Å². The van der Waals surface area contributed by atoms with Gasteiger partial charge in [0.1, 0.15) is 0 Å². The Morgan fingerprint density at radius 3 is 1.36 bits per heavy atom. The second kappa shape index (κ2) is 13.0. The second-order valence-electron chi connectivity index (χ2n) is 14.1. The minimum atomic E-state index is 0.573. The molecule has 0 saturated carbocycles. The largest absolute Gasteiger partial charge is 0.309 e. The normalized spacial score (nSPS) is 11.6. The van der Waals surface area contributed by atoms with Crippen LogP contribution < -0.4 is 0 Å². The Hall–Kier alpha value is -7.63. The van der Waals surface area contributed by atoms with Crippen molar-refractivity contribution in [1.29, 1.82) is 0 Å². The summed E-state index contributed by atoms with van der Waals surface area (Å²) >= 11 is 0. The number of nitrogens with zero attached hydrogens (tertiary/aromatic N) is 5. The summed E-state index contributed by atoms with van der Waals surface area (Å²) in [6, 6.07) is 70.3. The lowest BCUT2D eigenvalue weighted by Crippen LogP contribution is -2.06. The lowest BCUT2D eigenvalue weighted by atomic mass is 9.99. The molecule has 0 spiro atoms. The monoisotopic (exact) mass is 715 g/mol. The van der Waals surface area contributed by atoms with Crippen LogP contribution in [0.4, 0.5) is 0 Å². The average molecular weight is 716 g/mol. The van der Waals surface area contributed by atoms with Crippen LogP contribution >= 0.6 is 0 Å². The van der Waals surface area contributed by atoms with Gasteiger partial charge in [-0.15, -0.1) is 0 Å². The van der Waals surface area contributed by atoms with Crippen molar-refractivity contribution in [1.82, 2.24) is 24.1 Å². The molecule has 0 bridgehead atoms. The Kier molecular flexibility index (Phi) is 7.42. The quantitative estimate of drug-likeness (QED) is 0.172. The average Bonchev–Trinajstić information content (AvgIpc) is 3.78. The van der Waals surface area contributed by atoms with Gasteiger partial charge >= 0.3 is 0 Å². The first-order valence-corrected chi connectivity index (χ1v) is 18.9. The van der Waals surface area contributed by atoms with Crippen LogP contribution in [0.25, 0.3) is 100 Å². The van der Waals surface area contributed by atoms with Crippen LogP contribution in [-0.2, 0) is 0 Å². The van der Waals surface area contributed by atoms with E-state index in [-0.39, 0.29) is 0 Å². The molecule has 56 heavy (non-hydrogen) atoms. The van der Waals surface area contributed by atoms with Gasteiger partial charge in [0.05, 0.1) is 22.1 Å². The molecule has 8 aromatic carbocycles. The highest BCUT2D eigenvalue weighted by molar-refractivity contribution is 6.18. The fourth-order valence-electron chi connectivity index (χ4n) is 8.14. The second-order valence-corrected chi connectivity index (χ2v) is 14.1. The zero-order valence-corrected chi connectivity index (χ0v) is 30.3. The van der Waals surface area contributed by atoms with E-state index in [1.807, 2.05) is 24.3 Å². The molecule has 3 heterocycles. The van der Waals surface area contributed by atoms with E-state index in [1.165, 1.54) is 27.4 Å². The summed E-state index contributed by atoms with van der Waals surface area (Å²) < 4.78 is 4.58. The number of fused-ring (bicyclic) bond motifs is 6. The van der Waals surface area contributed by atoms with Gasteiger partial charge in [-0.1, -0.05) is 158 Å². The number of benzene rings is 8. The van der Waals surface area contributed by atoms with E-state index < -0.39 is 0 Å². The van der Waals surface area contributed by atoms with Crippen LogP contribution in [0.5, 0.6) is 0 Å². The maximum Gasteiger partial charge on any atom is 0.238 e. The first-order chi connectivity index (χ1) is 27.8. The third-order valence-electron chi connectivity index (χ3n) is 10.8. The summed E-state index contributed by atoms with van der Waals surface area (Å²) in [6.45, 7) is 0. The molecule has 262 valence electrons. The molecule has 5 heteroatoms. The third-order valence-corrected chi connectivity index (χ3v) is 10.8. The first kappa shape index (κ1) is 31.9. The highest BCUT2D eigenvalue weighted by atomic mass is 15.2. The summed E-state index contributed by atoms with van der Waals surface area (Å²) in [7, 11) is 0. The molecule has 11 aromatic rings. The molecule has 0 atom stereocenters. The van der Waals surface area contributed by atoms with Crippen molar-refractivity contribution in [2.24, 2.45) is 0 Å². The van der Waals surface area contributed by atoms with E-state index in [2.05, 4.69) is 185 Å². The van der Waals surface area contributed by atoms with Gasteiger partial charge in [0.25, 0.3) is 0 Å². The van der Waals surface area contributed by atoms with Crippen LogP contribution in [-0.4, -0.2) is 24.1 Å². The van der Waals surface area contributed by atoms with E-state index in [1.54, 1.807) is 0 Å². The fourth-order valence-corrected chi connectivity index (χ4v) is 8.14. The Morgan fingerprint density at radius 2 is 0.714 bits per heavy atom. The summed E-state index contributed by atoms with van der Waals surface area (Å²) in [6.07, 6.45) is 0. The summed E-state index contributed by atoms with van der Waals surface area (Å²) in [5.74, 6) is 1.81. The van der Waals surface area contributed by atoms with Crippen molar-refractivity contribution in [2.75, 3.05) is 0 Å². The van der Waals surface area contributed by atoms with Crippen molar-refractivity contribution in [3.63, 3.8) is 0 Å². The van der Waals surface area contributed by atoms with E-state index in [0.29, 0.717) is 17.6 Å². The lowest BCUT2D eigenvalue weighted by Gasteiger charge is -2.12. The summed E-state index contributed by atoms with van der Waals surface area (Å²) in [4.78, 5) is 15.6. The first-order valence-electron chi connectivity index (χ1n) is 18.9. The lowest BCUT2D eigenvalue weighted by molar-refractivity contribution is 0.954. The minimum absolute atomic E-state index is 0.573. The van der Waals surface area contributed by atoms with Gasteiger partial charge in [-0.2, -0.15) is 9.97 Å². The molecule has 0 aliphatic rings. The van der Waals surface area contributed by atoms with Crippen LogP contribution in [0.3, 0.4) is 0 Å². The molecule has 0 saturated heterocycles. The number of aromatic nitrogens is 5. The number of hydrogen-bond donors (Lipinski definition) is 0. The molecule has 11 rings (SSSR count). The molecule has 0 aliphatic heterocycles. The van der Waals surface area contributed by atoms with Crippen LogP contribution in [0.2, 0.25) is 0 Å². The van der Waals surface area contributed by atoms with Gasteiger partial charge in [-0.25, -0.2) is 4.98 Å². The number of rotatable bonds is 6. The van der Waals surface area contributed by atoms with E-state index >= 15 is 0 Å². The molecule has 0 radical (unpaired) electrons. The van der Waals surface area contributed by atoms with Gasteiger partial charge in [0, 0.05) is 38.4 Å². The molecule has 0 fully saturated rings. The molecule has 0 aliphatic carbocycles. The molecule has 0 unspecified atom stereocenters. The topological polar surface area (TPSA) is 48.5 Å². The highest BCUT2D eigenvalue weighted by Gasteiger charge is 2.21. The van der Waals surface area contributed by atoms with Crippen LogP contribution in [0.1, 0.15) is 0 Å². The van der Waals surface area contributed by atoms with Gasteiger partial charge < -0.3 is 4.57 Å². The number of para-hydroxylation sites is 3. The number of hydrogen-bond acceptors (Lipinski definition) is 3. The SMILES string of the molecule is c1ccc(-c2ccc(-c3cccc(-c4nc(-c5ccccc5)nc(-n5c6ccccc6c6cc7c(cc65)c5ccccc5n7-c5ccccc5)n4)c3)cc2)cc1. The van der Waals surface area contributed by atoms with Gasteiger partial charge in [0.2, 0.25) is 5.95 Å². The van der Waals surface area contributed by atoms with Gasteiger partial charge in [-0.3, -0.25) is 4.57 Å². The van der Waals surface area contributed by atoms with Crippen molar-refractivity contribution in [3.8, 4) is 56.7 Å². The molecule has 5 nitrogen and oxygen atoms in total. The van der Waals surface area contributed by atoms with Crippen LogP contribution in [0.15, 0.2) is 200 Å². The Bertz CT molecular complexity index is 3220. The maximum absolute atomic E-state index is 5.29. The van der Waals surface area contributed by atoms with E-state index in [9.17, 15) is 0 Å². The molecule has 3 aromatic heterocycles. The predicted octanol–water partition coefficient (Wildman–Crippen LogP) is 12.7. The molecular formula is C51H33N5. The Balaban J connectivity index is 1.13. The van der Waals surface area contributed by atoms with Crippen LogP contribution in [0, 0.1) is 0 Å².